The fourth-order valence-corrected chi connectivity index (χ4v) is 2.45. The van der Waals surface area contributed by atoms with Crippen LogP contribution < -0.4 is 10.6 Å². The highest BCUT2D eigenvalue weighted by Gasteiger charge is 2.16. The highest BCUT2D eigenvalue weighted by Crippen LogP contribution is 2.29. The Morgan fingerprint density at radius 2 is 2.04 bits per heavy atom. The van der Waals surface area contributed by atoms with Gasteiger partial charge in [-0.1, -0.05) is 29.3 Å². The van der Waals surface area contributed by atoms with E-state index in [9.17, 15) is 9.59 Å². The van der Waals surface area contributed by atoms with Crippen LogP contribution in [0.4, 0.5) is 5.69 Å². The van der Waals surface area contributed by atoms with Gasteiger partial charge >= 0.3 is 0 Å². The molecule has 1 unspecified atom stereocenters. The SMILES string of the molecule is O=C(COCC(=O)Nc1cccc(Cl)c1Cl)NCC1CCCO1. The van der Waals surface area contributed by atoms with Gasteiger partial charge in [0.15, 0.2) is 0 Å². The van der Waals surface area contributed by atoms with Gasteiger partial charge in [0.1, 0.15) is 13.2 Å². The van der Waals surface area contributed by atoms with E-state index in [-0.39, 0.29) is 30.2 Å². The number of rotatable bonds is 7. The number of nitrogens with one attached hydrogen (secondary N) is 2. The fourth-order valence-electron chi connectivity index (χ4n) is 2.11. The molecular weight excluding hydrogens is 343 g/mol. The van der Waals surface area contributed by atoms with E-state index >= 15 is 0 Å². The van der Waals surface area contributed by atoms with E-state index in [2.05, 4.69) is 10.6 Å². The summed E-state index contributed by atoms with van der Waals surface area (Å²) in [6.45, 7) is 0.759. The smallest absolute Gasteiger partial charge is 0.250 e. The van der Waals surface area contributed by atoms with Crippen LogP contribution in [0.1, 0.15) is 12.8 Å². The molecule has 1 aliphatic heterocycles. The van der Waals surface area contributed by atoms with Crippen molar-refractivity contribution in [1.82, 2.24) is 5.32 Å². The van der Waals surface area contributed by atoms with Gasteiger partial charge < -0.3 is 20.1 Å². The van der Waals surface area contributed by atoms with Crippen LogP contribution >= 0.6 is 23.2 Å². The van der Waals surface area contributed by atoms with Gasteiger partial charge in [0.2, 0.25) is 11.8 Å². The quantitative estimate of drug-likeness (QED) is 0.781. The van der Waals surface area contributed by atoms with E-state index in [0.29, 0.717) is 17.3 Å². The largest absolute Gasteiger partial charge is 0.376 e. The predicted octanol–water partition coefficient (Wildman–Crippen LogP) is 2.24. The Bertz CT molecular complexity index is 562. The lowest BCUT2D eigenvalue weighted by Crippen LogP contribution is -2.35. The maximum Gasteiger partial charge on any atom is 0.250 e. The first kappa shape index (κ1) is 18.0. The van der Waals surface area contributed by atoms with Crippen LogP contribution in [0.2, 0.25) is 10.0 Å². The van der Waals surface area contributed by atoms with Gasteiger partial charge in [-0.2, -0.15) is 0 Å². The maximum absolute atomic E-state index is 11.7. The van der Waals surface area contributed by atoms with Gasteiger partial charge in [0.05, 0.1) is 21.8 Å². The number of hydrogen-bond donors (Lipinski definition) is 2. The highest BCUT2D eigenvalue weighted by molar-refractivity contribution is 6.43. The van der Waals surface area contributed by atoms with Crippen LogP contribution in [-0.4, -0.2) is 44.3 Å². The highest BCUT2D eigenvalue weighted by atomic mass is 35.5. The second-order valence-electron chi connectivity index (χ2n) is 5.08. The Morgan fingerprint density at radius 1 is 1.26 bits per heavy atom. The van der Waals surface area contributed by atoms with Gasteiger partial charge in [0.25, 0.3) is 0 Å². The number of hydrogen-bond acceptors (Lipinski definition) is 4. The first-order valence-electron chi connectivity index (χ1n) is 7.26. The van der Waals surface area contributed by atoms with Crippen LogP contribution in [0.25, 0.3) is 0 Å². The zero-order chi connectivity index (χ0) is 16.7. The average molecular weight is 361 g/mol. The minimum atomic E-state index is -0.416. The summed E-state index contributed by atoms with van der Waals surface area (Å²) in [6, 6.07) is 4.91. The van der Waals surface area contributed by atoms with Gasteiger partial charge in [-0.05, 0) is 25.0 Å². The summed E-state index contributed by atoms with van der Waals surface area (Å²) >= 11 is 11.8. The van der Waals surface area contributed by atoms with Crippen molar-refractivity contribution < 1.29 is 19.1 Å². The molecule has 1 atom stereocenters. The molecule has 126 valence electrons. The molecule has 1 aromatic carbocycles. The van der Waals surface area contributed by atoms with Crippen molar-refractivity contribution in [2.75, 3.05) is 31.7 Å². The molecule has 6 nitrogen and oxygen atoms in total. The van der Waals surface area contributed by atoms with Crippen molar-refractivity contribution in [2.24, 2.45) is 0 Å². The topological polar surface area (TPSA) is 76.7 Å². The molecule has 0 aliphatic carbocycles. The molecule has 0 saturated carbocycles. The number of ether oxygens (including phenoxy) is 2. The molecule has 2 amide bonds. The zero-order valence-corrected chi connectivity index (χ0v) is 14.0. The van der Waals surface area contributed by atoms with Crippen LogP contribution in [0.3, 0.4) is 0 Å². The summed E-state index contributed by atoms with van der Waals surface area (Å²) in [7, 11) is 0. The third-order valence-corrected chi connectivity index (χ3v) is 4.06. The lowest BCUT2D eigenvalue weighted by molar-refractivity contribution is -0.129. The first-order valence-corrected chi connectivity index (χ1v) is 8.02. The maximum atomic E-state index is 11.7. The molecule has 0 aromatic heterocycles. The number of benzene rings is 1. The second kappa shape index (κ2) is 9.08. The molecule has 1 saturated heterocycles. The molecule has 0 spiro atoms. The number of anilines is 1. The number of amides is 2. The summed E-state index contributed by atoms with van der Waals surface area (Å²) in [5, 5.41) is 5.88. The second-order valence-corrected chi connectivity index (χ2v) is 5.87. The average Bonchev–Trinajstić information content (AvgIpc) is 3.03. The van der Waals surface area contributed by atoms with Crippen molar-refractivity contribution >= 4 is 40.7 Å². The van der Waals surface area contributed by atoms with Crippen LogP contribution in [0, 0.1) is 0 Å². The van der Waals surface area contributed by atoms with Gasteiger partial charge in [-0.25, -0.2) is 0 Å². The monoisotopic (exact) mass is 360 g/mol. The standard InChI is InChI=1S/C15H18Cl2N2O4/c16-11-4-1-5-12(15(11)17)19-14(21)9-22-8-13(20)18-7-10-3-2-6-23-10/h1,4-5,10H,2-3,6-9H2,(H,18,20)(H,19,21). The molecule has 23 heavy (non-hydrogen) atoms. The van der Waals surface area contributed by atoms with Crippen molar-refractivity contribution in [3.63, 3.8) is 0 Å². The van der Waals surface area contributed by atoms with Crippen LogP contribution in [0.5, 0.6) is 0 Å². The van der Waals surface area contributed by atoms with Crippen molar-refractivity contribution in [2.45, 2.75) is 18.9 Å². The summed E-state index contributed by atoms with van der Waals surface area (Å²) in [6.07, 6.45) is 2.04. The lowest BCUT2D eigenvalue weighted by Gasteiger charge is -2.11. The van der Waals surface area contributed by atoms with E-state index < -0.39 is 5.91 Å². The Kier molecular flexibility index (Phi) is 7.11. The fraction of sp³-hybridized carbons (Fsp3) is 0.467. The lowest BCUT2D eigenvalue weighted by atomic mass is 10.2. The Morgan fingerprint density at radius 3 is 2.78 bits per heavy atom. The molecule has 2 N–H and O–H groups in total. The van der Waals surface area contributed by atoms with Gasteiger partial charge in [0, 0.05) is 13.2 Å². The molecule has 2 rings (SSSR count). The van der Waals surface area contributed by atoms with E-state index in [0.717, 1.165) is 19.4 Å². The molecular formula is C15H18Cl2N2O4. The first-order chi connectivity index (χ1) is 11.1. The van der Waals surface area contributed by atoms with E-state index in [1.165, 1.54) is 0 Å². The van der Waals surface area contributed by atoms with Crippen molar-refractivity contribution in [3.05, 3.63) is 28.2 Å². The van der Waals surface area contributed by atoms with Gasteiger partial charge in [-0.3, -0.25) is 9.59 Å². The minimum Gasteiger partial charge on any atom is -0.376 e. The zero-order valence-electron chi connectivity index (χ0n) is 12.4. The molecule has 0 radical (unpaired) electrons. The van der Waals surface area contributed by atoms with E-state index in [1.54, 1.807) is 18.2 Å². The molecule has 1 heterocycles. The third kappa shape index (κ3) is 5.99. The van der Waals surface area contributed by atoms with Gasteiger partial charge in [-0.15, -0.1) is 0 Å². The summed E-state index contributed by atoms with van der Waals surface area (Å²) in [5.41, 5.74) is 0.399. The van der Waals surface area contributed by atoms with Crippen LogP contribution in [-0.2, 0) is 19.1 Å². The Hall–Kier alpha value is -1.34. The Labute approximate surface area is 144 Å². The normalized spacial score (nSPS) is 17.0. The molecule has 1 fully saturated rings. The van der Waals surface area contributed by atoms with Crippen molar-refractivity contribution in [1.29, 1.82) is 0 Å². The molecule has 1 aromatic rings. The number of halogens is 2. The molecule has 0 bridgehead atoms. The summed E-state index contributed by atoms with van der Waals surface area (Å²) < 4.78 is 10.5. The predicted molar refractivity (Wildman–Crippen MR) is 87.9 cm³/mol. The van der Waals surface area contributed by atoms with E-state index in [1.807, 2.05) is 0 Å². The molecule has 8 heteroatoms. The minimum absolute atomic E-state index is 0.0761. The summed E-state index contributed by atoms with van der Waals surface area (Å²) in [4.78, 5) is 23.3. The number of carbonyl (C=O) groups is 2. The Balaban J connectivity index is 1.64. The number of carbonyl (C=O) groups excluding carboxylic acids is 2. The van der Waals surface area contributed by atoms with E-state index in [4.69, 9.17) is 32.7 Å². The molecule has 1 aliphatic rings. The summed E-state index contributed by atoms with van der Waals surface area (Å²) in [5.74, 6) is -0.699. The van der Waals surface area contributed by atoms with Crippen molar-refractivity contribution in [3.8, 4) is 0 Å². The third-order valence-electron chi connectivity index (χ3n) is 3.24. The van der Waals surface area contributed by atoms with Crippen LogP contribution in [0.15, 0.2) is 18.2 Å².